The lowest BCUT2D eigenvalue weighted by Gasteiger charge is -2.29. The molecule has 0 unspecified atom stereocenters. The SMILES string of the molecule is Cc1c([C@@H]2[C@@H](c3ccccn3)NC(=S)N2Cc2ccncc2)c(C)n(-c2ccccc2)c1C. The van der Waals surface area contributed by atoms with Crippen LogP contribution < -0.4 is 5.32 Å². The summed E-state index contributed by atoms with van der Waals surface area (Å²) in [5, 5.41) is 4.33. The first-order valence-electron chi connectivity index (χ1n) is 11.2. The molecule has 166 valence electrons. The van der Waals surface area contributed by atoms with Crippen molar-refractivity contribution in [3.8, 4) is 5.69 Å². The maximum absolute atomic E-state index is 5.88. The van der Waals surface area contributed by atoms with Crippen LogP contribution in [0.5, 0.6) is 0 Å². The van der Waals surface area contributed by atoms with Crippen molar-refractivity contribution in [2.24, 2.45) is 0 Å². The van der Waals surface area contributed by atoms with E-state index in [1.54, 1.807) is 0 Å². The summed E-state index contributed by atoms with van der Waals surface area (Å²) in [4.78, 5) is 11.2. The van der Waals surface area contributed by atoms with E-state index in [4.69, 9.17) is 17.2 Å². The molecule has 1 aromatic carbocycles. The first-order chi connectivity index (χ1) is 16.1. The van der Waals surface area contributed by atoms with Crippen LogP contribution in [-0.2, 0) is 6.54 Å². The Balaban J connectivity index is 1.67. The second-order valence-corrected chi connectivity index (χ2v) is 8.88. The summed E-state index contributed by atoms with van der Waals surface area (Å²) < 4.78 is 2.35. The molecule has 0 spiro atoms. The van der Waals surface area contributed by atoms with Crippen LogP contribution in [-0.4, -0.2) is 24.5 Å². The largest absolute Gasteiger partial charge is 0.352 e. The highest BCUT2D eigenvalue weighted by Crippen LogP contribution is 2.44. The number of aromatic nitrogens is 3. The predicted octanol–water partition coefficient (Wildman–Crippen LogP) is 5.37. The fourth-order valence-corrected chi connectivity index (χ4v) is 5.29. The molecule has 5 rings (SSSR count). The maximum atomic E-state index is 5.88. The van der Waals surface area contributed by atoms with Crippen molar-refractivity contribution < 1.29 is 0 Å². The van der Waals surface area contributed by atoms with E-state index in [1.165, 1.54) is 33.8 Å². The molecule has 1 fully saturated rings. The molecule has 1 aliphatic heterocycles. The van der Waals surface area contributed by atoms with Crippen molar-refractivity contribution >= 4 is 17.3 Å². The third kappa shape index (κ3) is 3.80. The highest BCUT2D eigenvalue weighted by Gasteiger charge is 2.42. The maximum Gasteiger partial charge on any atom is 0.170 e. The predicted molar refractivity (Wildman–Crippen MR) is 135 cm³/mol. The Kier molecular flexibility index (Phi) is 5.68. The Bertz CT molecular complexity index is 1270. The minimum Gasteiger partial charge on any atom is -0.352 e. The molecule has 3 aromatic heterocycles. The van der Waals surface area contributed by atoms with Crippen molar-refractivity contribution in [1.29, 1.82) is 0 Å². The van der Waals surface area contributed by atoms with Gasteiger partial charge >= 0.3 is 0 Å². The third-order valence-corrected chi connectivity index (χ3v) is 6.97. The second-order valence-electron chi connectivity index (χ2n) is 8.49. The van der Waals surface area contributed by atoms with Gasteiger partial charge in [0.2, 0.25) is 0 Å². The lowest BCUT2D eigenvalue weighted by molar-refractivity contribution is 0.309. The molecule has 1 N–H and O–H groups in total. The molecule has 1 saturated heterocycles. The van der Waals surface area contributed by atoms with Gasteiger partial charge in [0.1, 0.15) is 0 Å². The molecular formula is C27H27N5S. The Morgan fingerprint density at radius 1 is 0.879 bits per heavy atom. The zero-order valence-electron chi connectivity index (χ0n) is 19.1. The van der Waals surface area contributed by atoms with Gasteiger partial charge in [-0.15, -0.1) is 0 Å². The Labute approximate surface area is 200 Å². The van der Waals surface area contributed by atoms with Crippen LogP contribution in [0.2, 0.25) is 0 Å². The van der Waals surface area contributed by atoms with Crippen LogP contribution in [0.25, 0.3) is 5.69 Å². The standard InChI is InChI=1S/C27H27N5S/c1-18-19(2)32(22-9-5-4-6-10-22)20(3)24(18)26-25(23-11-7-8-14-29-23)30-27(33)31(26)17-21-12-15-28-16-13-21/h4-16,25-26H,17H2,1-3H3,(H,30,33)/t25-,26-/m1/s1. The average molecular weight is 454 g/mol. The number of hydrogen-bond donors (Lipinski definition) is 1. The first-order valence-corrected chi connectivity index (χ1v) is 11.6. The van der Waals surface area contributed by atoms with E-state index in [-0.39, 0.29) is 12.1 Å². The van der Waals surface area contributed by atoms with Crippen molar-refractivity contribution in [2.45, 2.75) is 39.4 Å². The van der Waals surface area contributed by atoms with E-state index >= 15 is 0 Å². The molecule has 4 heterocycles. The molecule has 0 bridgehead atoms. The summed E-state index contributed by atoms with van der Waals surface area (Å²) in [5.41, 5.74) is 8.40. The normalized spacial score (nSPS) is 17.9. The molecule has 33 heavy (non-hydrogen) atoms. The number of pyridine rings is 2. The van der Waals surface area contributed by atoms with Crippen molar-refractivity contribution in [2.75, 3.05) is 0 Å². The number of nitrogens with one attached hydrogen (secondary N) is 1. The van der Waals surface area contributed by atoms with Gasteiger partial charge in [-0.05, 0) is 80.5 Å². The molecule has 0 radical (unpaired) electrons. The number of para-hydroxylation sites is 1. The summed E-state index contributed by atoms with van der Waals surface area (Å²) in [5.74, 6) is 0. The van der Waals surface area contributed by atoms with Gasteiger partial charge in [0, 0.05) is 47.8 Å². The molecule has 0 saturated carbocycles. The number of nitrogens with zero attached hydrogens (tertiary/aromatic N) is 4. The molecule has 4 aromatic rings. The van der Waals surface area contributed by atoms with E-state index in [0.717, 1.165) is 10.8 Å². The Hall–Kier alpha value is -3.51. The van der Waals surface area contributed by atoms with Gasteiger partial charge in [-0.2, -0.15) is 0 Å². The van der Waals surface area contributed by atoms with E-state index < -0.39 is 0 Å². The van der Waals surface area contributed by atoms with Gasteiger partial charge in [-0.1, -0.05) is 24.3 Å². The van der Waals surface area contributed by atoms with Gasteiger partial charge in [-0.25, -0.2) is 0 Å². The fourth-order valence-electron chi connectivity index (χ4n) is 4.98. The van der Waals surface area contributed by atoms with Crippen LogP contribution >= 0.6 is 12.2 Å². The van der Waals surface area contributed by atoms with Crippen LogP contribution in [0.15, 0.2) is 79.3 Å². The molecular weight excluding hydrogens is 426 g/mol. The molecule has 2 atom stereocenters. The highest BCUT2D eigenvalue weighted by atomic mass is 32.1. The summed E-state index contributed by atoms with van der Waals surface area (Å²) in [6.45, 7) is 7.34. The average Bonchev–Trinajstić information content (AvgIpc) is 3.27. The van der Waals surface area contributed by atoms with Crippen LogP contribution in [0, 0.1) is 20.8 Å². The smallest absolute Gasteiger partial charge is 0.170 e. The van der Waals surface area contributed by atoms with Crippen molar-refractivity contribution in [3.05, 3.63) is 113 Å². The molecule has 5 nitrogen and oxygen atoms in total. The molecule has 0 aliphatic carbocycles. The minimum absolute atomic E-state index is 0.0178. The second kappa shape index (κ2) is 8.79. The fraction of sp³-hybridized carbons (Fsp3) is 0.222. The summed E-state index contributed by atoms with van der Waals surface area (Å²) >= 11 is 5.88. The third-order valence-electron chi connectivity index (χ3n) is 6.62. The zero-order chi connectivity index (χ0) is 22.9. The first kappa shape index (κ1) is 21.3. The lowest BCUT2D eigenvalue weighted by atomic mass is 9.93. The van der Waals surface area contributed by atoms with Crippen molar-refractivity contribution in [3.63, 3.8) is 0 Å². The van der Waals surface area contributed by atoms with Crippen LogP contribution in [0.3, 0.4) is 0 Å². The van der Waals surface area contributed by atoms with Gasteiger partial charge in [0.15, 0.2) is 5.11 Å². The van der Waals surface area contributed by atoms with Crippen LogP contribution in [0.1, 0.15) is 45.9 Å². The molecule has 0 amide bonds. The number of hydrogen-bond acceptors (Lipinski definition) is 3. The van der Waals surface area contributed by atoms with E-state index in [0.29, 0.717) is 6.54 Å². The lowest BCUT2D eigenvalue weighted by Crippen LogP contribution is -2.29. The van der Waals surface area contributed by atoms with Gasteiger partial charge in [-0.3, -0.25) is 9.97 Å². The Morgan fingerprint density at radius 2 is 1.61 bits per heavy atom. The highest BCUT2D eigenvalue weighted by molar-refractivity contribution is 7.80. The topological polar surface area (TPSA) is 46.0 Å². The van der Waals surface area contributed by atoms with E-state index in [1.807, 2.05) is 42.9 Å². The molecule has 1 aliphatic rings. The minimum atomic E-state index is -0.0380. The van der Waals surface area contributed by atoms with Gasteiger partial charge in [0.05, 0.1) is 17.8 Å². The van der Waals surface area contributed by atoms with Crippen molar-refractivity contribution in [1.82, 2.24) is 24.8 Å². The monoisotopic (exact) mass is 453 g/mol. The van der Waals surface area contributed by atoms with Crippen LogP contribution in [0.4, 0.5) is 0 Å². The summed E-state index contributed by atoms with van der Waals surface area (Å²) in [6, 6.07) is 20.7. The number of thiocarbonyl (C=S) groups is 1. The zero-order valence-corrected chi connectivity index (χ0v) is 19.9. The Morgan fingerprint density at radius 3 is 2.30 bits per heavy atom. The number of rotatable bonds is 5. The summed E-state index contributed by atoms with van der Waals surface area (Å²) in [6.07, 6.45) is 5.52. The molecule has 6 heteroatoms. The van der Waals surface area contributed by atoms with Gasteiger partial charge < -0.3 is 14.8 Å². The van der Waals surface area contributed by atoms with Gasteiger partial charge in [0.25, 0.3) is 0 Å². The quantitative estimate of drug-likeness (QED) is 0.412. The van der Waals surface area contributed by atoms with E-state index in [9.17, 15) is 0 Å². The van der Waals surface area contributed by atoms with E-state index in [2.05, 4.69) is 76.9 Å². The summed E-state index contributed by atoms with van der Waals surface area (Å²) in [7, 11) is 0. The number of benzene rings is 1.